The molecule has 1 fully saturated rings. The molecule has 19 heavy (non-hydrogen) atoms. The zero-order valence-electron chi connectivity index (χ0n) is 10.7. The van der Waals surface area contributed by atoms with Crippen molar-refractivity contribution in [3.05, 3.63) is 28.8 Å². The second-order valence-corrected chi connectivity index (χ2v) is 6.51. The minimum atomic E-state index is 0.336. The zero-order valence-corrected chi connectivity index (χ0v) is 13.1. The first-order valence-corrected chi connectivity index (χ1v) is 8.24. The van der Waals surface area contributed by atoms with Gasteiger partial charge in [-0.3, -0.25) is 4.90 Å². The number of hydrogen-bond donors (Lipinski definition) is 2. The van der Waals surface area contributed by atoms with Gasteiger partial charge in [-0.25, -0.2) is 0 Å². The van der Waals surface area contributed by atoms with E-state index in [2.05, 4.69) is 10.2 Å². The van der Waals surface area contributed by atoms with Crippen LogP contribution in [0.5, 0.6) is 0 Å². The highest BCUT2D eigenvalue weighted by molar-refractivity contribution is 7.99. The number of rotatable bonds is 5. The molecular weight excluding hydrogens is 298 g/mol. The molecule has 0 bridgehead atoms. The Kier molecular flexibility index (Phi) is 5.76. The largest absolute Gasteiger partial charge is 0.389 e. The molecule has 0 unspecified atom stereocenters. The van der Waals surface area contributed by atoms with E-state index in [9.17, 15) is 0 Å². The van der Waals surface area contributed by atoms with Crippen LogP contribution in [0, 0.1) is 0 Å². The average Bonchev–Trinajstić information content (AvgIpc) is 2.39. The molecule has 104 valence electrons. The number of nitrogens with one attached hydrogen (secondary N) is 1. The van der Waals surface area contributed by atoms with E-state index in [1.165, 1.54) is 24.6 Å². The van der Waals surface area contributed by atoms with Gasteiger partial charge in [0.2, 0.25) is 0 Å². The van der Waals surface area contributed by atoms with Gasteiger partial charge >= 0.3 is 0 Å². The lowest BCUT2D eigenvalue weighted by Gasteiger charge is -2.26. The topological polar surface area (TPSA) is 41.3 Å². The number of hydrogen-bond acceptors (Lipinski definition) is 4. The molecule has 0 atom stereocenters. The normalized spacial score (nSPS) is 16.3. The molecule has 1 saturated heterocycles. The highest BCUT2D eigenvalue weighted by atomic mass is 35.5. The van der Waals surface area contributed by atoms with Crippen LogP contribution in [0.1, 0.15) is 5.56 Å². The first kappa shape index (κ1) is 14.9. The highest BCUT2D eigenvalue weighted by Gasteiger charge is 2.09. The highest BCUT2D eigenvalue weighted by Crippen LogP contribution is 2.20. The summed E-state index contributed by atoms with van der Waals surface area (Å²) >= 11 is 13.1. The number of nitrogens with two attached hydrogens (primary N) is 1. The molecule has 0 aliphatic carbocycles. The fraction of sp³-hybridized carbons (Fsp3) is 0.462. The second-order valence-electron chi connectivity index (χ2n) is 4.44. The lowest BCUT2D eigenvalue weighted by molar-refractivity contribution is 0.314. The molecule has 0 saturated carbocycles. The van der Waals surface area contributed by atoms with Crippen LogP contribution < -0.4 is 11.1 Å². The van der Waals surface area contributed by atoms with Crippen molar-refractivity contribution in [2.75, 3.05) is 43.0 Å². The van der Waals surface area contributed by atoms with Crippen LogP contribution in [0.3, 0.4) is 0 Å². The summed E-state index contributed by atoms with van der Waals surface area (Å²) in [6, 6.07) is 5.71. The maximum atomic E-state index is 6.13. The van der Waals surface area contributed by atoms with E-state index in [1.807, 2.05) is 30.0 Å². The predicted molar refractivity (Wildman–Crippen MR) is 89.6 cm³/mol. The molecule has 1 aromatic carbocycles. The maximum Gasteiger partial charge on any atom is 0.105 e. The molecule has 0 amide bonds. The predicted octanol–water partition coefficient (Wildman–Crippen LogP) is 2.43. The van der Waals surface area contributed by atoms with Crippen molar-refractivity contribution >= 4 is 46.3 Å². The lowest BCUT2D eigenvalue weighted by atomic mass is 10.2. The Morgan fingerprint density at radius 2 is 2.16 bits per heavy atom. The van der Waals surface area contributed by atoms with E-state index >= 15 is 0 Å². The molecule has 1 aliphatic heterocycles. The summed E-state index contributed by atoms with van der Waals surface area (Å²) < 4.78 is 0. The van der Waals surface area contributed by atoms with Gasteiger partial charge in [-0.2, -0.15) is 11.8 Å². The summed E-state index contributed by atoms with van der Waals surface area (Å²) in [5.41, 5.74) is 7.32. The number of nitrogens with zero attached hydrogens (tertiary/aromatic N) is 1. The van der Waals surface area contributed by atoms with Gasteiger partial charge < -0.3 is 11.1 Å². The summed E-state index contributed by atoms with van der Waals surface area (Å²) in [5, 5.41) is 3.99. The number of thiocarbonyl (C=S) groups is 1. The first-order chi connectivity index (χ1) is 9.16. The monoisotopic (exact) mass is 315 g/mol. The van der Waals surface area contributed by atoms with Crippen molar-refractivity contribution in [1.29, 1.82) is 0 Å². The molecule has 2 rings (SSSR count). The Morgan fingerprint density at radius 3 is 2.79 bits per heavy atom. The summed E-state index contributed by atoms with van der Waals surface area (Å²) in [4.78, 5) is 2.82. The Labute approximate surface area is 128 Å². The molecule has 3 nitrogen and oxygen atoms in total. The van der Waals surface area contributed by atoms with Gasteiger partial charge in [-0.1, -0.05) is 23.8 Å². The fourth-order valence-electron chi connectivity index (χ4n) is 2.01. The van der Waals surface area contributed by atoms with Crippen LogP contribution in [0.2, 0.25) is 5.02 Å². The van der Waals surface area contributed by atoms with Crippen molar-refractivity contribution in [3.8, 4) is 0 Å². The summed E-state index contributed by atoms with van der Waals surface area (Å²) in [6.45, 7) is 4.36. The Balaban J connectivity index is 1.82. The number of benzene rings is 1. The van der Waals surface area contributed by atoms with Gasteiger partial charge in [0.1, 0.15) is 4.99 Å². The van der Waals surface area contributed by atoms with Crippen LogP contribution in [0.15, 0.2) is 18.2 Å². The molecule has 6 heteroatoms. The van der Waals surface area contributed by atoms with Crippen LogP contribution >= 0.6 is 35.6 Å². The van der Waals surface area contributed by atoms with Gasteiger partial charge in [-0.15, -0.1) is 0 Å². The van der Waals surface area contributed by atoms with Crippen molar-refractivity contribution in [2.45, 2.75) is 0 Å². The Hall–Kier alpha value is -0.490. The summed E-state index contributed by atoms with van der Waals surface area (Å²) in [7, 11) is 0. The third-order valence-corrected chi connectivity index (χ3v) is 4.57. The van der Waals surface area contributed by atoms with Gasteiger partial charge in [0.05, 0.1) is 5.02 Å². The van der Waals surface area contributed by atoms with Gasteiger partial charge in [-0.05, 0) is 18.2 Å². The average molecular weight is 316 g/mol. The van der Waals surface area contributed by atoms with Crippen molar-refractivity contribution in [1.82, 2.24) is 4.90 Å². The molecule has 0 aromatic heterocycles. The molecule has 1 aliphatic rings. The number of anilines is 1. The van der Waals surface area contributed by atoms with Gasteiger partial charge in [0, 0.05) is 48.9 Å². The summed E-state index contributed by atoms with van der Waals surface area (Å²) in [6.07, 6.45) is 0. The Morgan fingerprint density at radius 1 is 1.42 bits per heavy atom. The lowest BCUT2D eigenvalue weighted by Crippen LogP contribution is -2.36. The quantitative estimate of drug-likeness (QED) is 0.817. The van der Waals surface area contributed by atoms with Crippen molar-refractivity contribution < 1.29 is 0 Å². The third-order valence-electron chi connectivity index (χ3n) is 3.10. The molecule has 1 aromatic rings. The minimum absolute atomic E-state index is 0.336. The van der Waals surface area contributed by atoms with Gasteiger partial charge in [0.15, 0.2) is 0 Å². The van der Waals surface area contributed by atoms with Crippen LogP contribution in [0.4, 0.5) is 5.69 Å². The fourth-order valence-corrected chi connectivity index (χ4v) is 3.50. The molecule has 1 heterocycles. The molecule has 0 spiro atoms. The molecule has 3 N–H and O–H groups in total. The standard InChI is InChI=1S/C13H18ClN3S2/c14-12-9-10(1-2-11(12)13(15)18)16-3-4-17-5-7-19-8-6-17/h1-2,9,16H,3-8H2,(H2,15,18). The SMILES string of the molecule is NC(=S)c1ccc(NCCN2CCSCC2)cc1Cl. The smallest absolute Gasteiger partial charge is 0.105 e. The van der Waals surface area contributed by atoms with Crippen molar-refractivity contribution in [3.63, 3.8) is 0 Å². The molecule has 0 radical (unpaired) electrons. The van der Waals surface area contributed by atoms with E-state index < -0.39 is 0 Å². The number of halogens is 1. The Bertz CT molecular complexity index is 448. The minimum Gasteiger partial charge on any atom is -0.389 e. The second kappa shape index (κ2) is 7.33. The van der Waals surface area contributed by atoms with E-state index in [0.29, 0.717) is 10.0 Å². The molecular formula is C13H18ClN3S2. The van der Waals surface area contributed by atoms with Crippen LogP contribution in [0.25, 0.3) is 0 Å². The first-order valence-electron chi connectivity index (χ1n) is 6.30. The maximum absolute atomic E-state index is 6.13. The van der Waals surface area contributed by atoms with E-state index in [0.717, 1.165) is 24.3 Å². The van der Waals surface area contributed by atoms with Crippen LogP contribution in [-0.2, 0) is 0 Å². The van der Waals surface area contributed by atoms with E-state index in [1.54, 1.807) is 0 Å². The third kappa shape index (κ3) is 4.53. The van der Waals surface area contributed by atoms with Crippen molar-refractivity contribution in [2.24, 2.45) is 5.73 Å². The van der Waals surface area contributed by atoms with Crippen LogP contribution in [-0.4, -0.2) is 47.6 Å². The van der Waals surface area contributed by atoms with E-state index in [-0.39, 0.29) is 0 Å². The van der Waals surface area contributed by atoms with E-state index in [4.69, 9.17) is 29.6 Å². The van der Waals surface area contributed by atoms with Gasteiger partial charge in [0.25, 0.3) is 0 Å². The zero-order chi connectivity index (χ0) is 13.7. The number of thioether (sulfide) groups is 1. The summed E-state index contributed by atoms with van der Waals surface area (Å²) in [5.74, 6) is 2.49.